The third-order valence-electron chi connectivity index (χ3n) is 8.44. The second kappa shape index (κ2) is 9.70. The molecule has 5 unspecified atom stereocenters. The number of rotatable bonds is 8. The first-order valence-corrected chi connectivity index (χ1v) is 12.3. The van der Waals surface area contributed by atoms with Crippen LogP contribution < -0.4 is 4.74 Å². The van der Waals surface area contributed by atoms with Crippen LogP contribution in [0.1, 0.15) is 69.4 Å². The van der Waals surface area contributed by atoms with Gasteiger partial charge in [-0.2, -0.15) is 0 Å². The number of carbonyl (C=O) groups excluding carboxylic acids is 1. The summed E-state index contributed by atoms with van der Waals surface area (Å²) in [6, 6.07) is 6.50. The van der Waals surface area contributed by atoms with E-state index in [4.69, 9.17) is 4.74 Å². The zero-order chi connectivity index (χ0) is 23.6. The Bertz CT molecular complexity index is 987. The van der Waals surface area contributed by atoms with Crippen molar-refractivity contribution in [2.75, 3.05) is 6.61 Å². The summed E-state index contributed by atoms with van der Waals surface area (Å²) in [6.45, 7) is 8.50. The number of carboxylic acids is 1. The quantitative estimate of drug-likeness (QED) is 0.476. The molecule has 4 nitrogen and oxygen atoms in total. The topological polar surface area (TPSA) is 63.6 Å². The van der Waals surface area contributed by atoms with E-state index in [1.54, 1.807) is 0 Å². The molecule has 0 heterocycles. The molecule has 0 amide bonds. The summed E-state index contributed by atoms with van der Waals surface area (Å²) < 4.78 is 6.06. The molecule has 0 saturated heterocycles. The van der Waals surface area contributed by atoms with Gasteiger partial charge in [-0.25, -0.2) is 0 Å². The lowest BCUT2D eigenvalue weighted by Crippen LogP contribution is -2.44. The Morgan fingerprint density at radius 1 is 1.33 bits per heavy atom. The lowest BCUT2D eigenvalue weighted by atomic mass is 9.54. The van der Waals surface area contributed by atoms with Crippen molar-refractivity contribution in [2.24, 2.45) is 23.2 Å². The number of hydrogen-bond acceptors (Lipinski definition) is 3. The van der Waals surface area contributed by atoms with Crippen molar-refractivity contribution in [1.82, 2.24) is 0 Å². The molecule has 5 atom stereocenters. The van der Waals surface area contributed by atoms with Crippen molar-refractivity contribution in [2.45, 2.75) is 64.7 Å². The van der Waals surface area contributed by atoms with E-state index in [0.717, 1.165) is 37.0 Å². The molecule has 4 rings (SSSR count). The van der Waals surface area contributed by atoms with Crippen molar-refractivity contribution in [1.29, 1.82) is 0 Å². The Morgan fingerprint density at radius 2 is 2.15 bits per heavy atom. The lowest BCUT2D eigenvalue weighted by Gasteiger charge is -2.50. The molecule has 2 saturated carbocycles. The molecule has 2 fully saturated rings. The average Bonchev–Trinajstić information content (AvgIpc) is 3.07. The average molecular weight is 449 g/mol. The van der Waals surface area contributed by atoms with Crippen molar-refractivity contribution < 1.29 is 19.4 Å². The Labute approximate surface area is 197 Å². The van der Waals surface area contributed by atoms with Gasteiger partial charge in [0.2, 0.25) is 0 Å². The van der Waals surface area contributed by atoms with Crippen LogP contribution in [-0.4, -0.2) is 23.5 Å². The Hall–Kier alpha value is -2.62. The fraction of sp³-hybridized carbons (Fsp3) is 0.517. The Morgan fingerprint density at radius 3 is 2.88 bits per heavy atom. The third-order valence-corrected chi connectivity index (χ3v) is 8.44. The minimum Gasteiger partial charge on any atom is -0.489 e. The van der Waals surface area contributed by atoms with Gasteiger partial charge < -0.3 is 9.84 Å². The maximum Gasteiger partial charge on any atom is 0.303 e. The number of carboxylic acid groups (broad SMARTS) is 1. The highest BCUT2D eigenvalue weighted by atomic mass is 16.5. The van der Waals surface area contributed by atoms with Crippen molar-refractivity contribution in [3.05, 3.63) is 65.8 Å². The summed E-state index contributed by atoms with van der Waals surface area (Å²) in [6.07, 6.45) is 13.2. The summed E-state index contributed by atoms with van der Waals surface area (Å²) in [4.78, 5) is 24.2. The smallest absolute Gasteiger partial charge is 0.303 e. The van der Waals surface area contributed by atoms with Gasteiger partial charge >= 0.3 is 5.97 Å². The highest BCUT2D eigenvalue weighted by molar-refractivity contribution is 5.87. The monoisotopic (exact) mass is 448 g/mol. The molecular formula is C29H36O4. The normalized spacial score (nSPS) is 31.1. The number of benzene rings is 1. The van der Waals surface area contributed by atoms with E-state index >= 15 is 0 Å². The van der Waals surface area contributed by atoms with Gasteiger partial charge in [0, 0.05) is 18.3 Å². The number of aryl methyl sites for hydroxylation is 1. The molecule has 1 aromatic carbocycles. The molecule has 0 spiro atoms. The molecule has 4 heteroatoms. The second-order valence-corrected chi connectivity index (χ2v) is 10.2. The minimum atomic E-state index is -0.759. The highest BCUT2D eigenvalue weighted by Crippen LogP contribution is 2.62. The predicted octanol–water partition coefficient (Wildman–Crippen LogP) is 6.27. The standard InChI is InChI=1S/C29H36O4/c1-4-6-7-19(5-2)18-33-22-10-12-23-20(16-22)8-11-25-24(23)14-15-29(3)26(30)17-21(28(25)29)9-13-27(31)32/h4-7,10,12,16,21,24-25,28H,2,8-9,11,13-15,17-18H2,1,3H3,(H,31,32)/b6-4-,19-7+. The zero-order valence-corrected chi connectivity index (χ0v) is 19.9. The number of allylic oxidation sites excluding steroid dienone is 3. The summed E-state index contributed by atoms with van der Waals surface area (Å²) in [5, 5.41) is 9.22. The molecule has 33 heavy (non-hydrogen) atoms. The van der Waals surface area contributed by atoms with Crippen LogP contribution >= 0.6 is 0 Å². The summed E-state index contributed by atoms with van der Waals surface area (Å²) in [5.74, 6) is 1.92. The van der Waals surface area contributed by atoms with Gasteiger partial charge in [0.1, 0.15) is 18.1 Å². The van der Waals surface area contributed by atoms with E-state index in [9.17, 15) is 14.7 Å². The minimum absolute atomic E-state index is 0.161. The Kier molecular flexibility index (Phi) is 6.92. The second-order valence-electron chi connectivity index (χ2n) is 10.2. The van der Waals surface area contributed by atoms with E-state index < -0.39 is 5.97 Å². The first kappa shape index (κ1) is 23.5. The number of carbonyl (C=O) groups is 2. The largest absolute Gasteiger partial charge is 0.489 e. The van der Waals surface area contributed by atoms with Crippen LogP contribution in [0.5, 0.6) is 5.75 Å². The number of fused-ring (bicyclic) bond motifs is 5. The van der Waals surface area contributed by atoms with Crippen LogP contribution in [-0.2, 0) is 16.0 Å². The molecule has 0 aliphatic heterocycles. The van der Waals surface area contributed by atoms with Crippen molar-refractivity contribution >= 4 is 11.8 Å². The van der Waals surface area contributed by atoms with Gasteiger partial charge in [0.15, 0.2) is 0 Å². The molecule has 176 valence electrons. The van der Waals surface area contributed by atoms with Crippen LogP contribution in [0.2, 0.25) is 0 Å². The van der Waals surface area contributed by atoms with E-state index in [-0.39, 0.29) is 17.8 Å². The van der Waals surface area contributed by atoms with Crippen LogP contribution in [0.15, 0.2) is 54.7 Å². The molecule has 0 radical (unpaired) electrons. The molecule has 1 N–H and O–H groups in total. The van der Waals surface area contributed by atoms with Gasteiger partial charge in [-0.1, -0.05) is 43.9 Å². The Balaban J connectivity index is 1.52. The maximum atomic E-state index is 13.0. The SMILES string of the molecule is C=C/C(=C\C=C/C)COc1ccc2c(c1)CCC1C2CCC2(C)C(=O)CC(CCC(=O)O)C12. The number of Topliss-reactive ketones (excluding diaryl/α,β-unsaturated/α-hetero) is 1. The van der Waals surface area contributed by atoms with E-state index in [1.165, 1.54) is 11.1 Å². The third kappa shape index (κ3) is 4.58. The number of ketones is 1. The van der Waals surface area contributed by atoms with Gasteiger partial charge in [0.25, 0.3) is 0 Å². The molecule has 3 aliphatic carbocycles. The predicted molar refractivity (Wildman–Crippen MR) is 130 cm³/mol. The number of ether oxygens (including phenoxy) is 1. The van der Waals surface area contributed by atoms with Gasteiger partial charge in [-0.05, 0) is 91.5 Å². The van der Waals surface area contributed by atoms with Crippen LogP contribution in [0, 0.1) is 23.2 Å². The summed E-state index contributed by atoms with van der Waals surface area (Å²) in [5.41, 5.74) is 3.54. The number of aliphatic carboxylic acids is 1. The van der Waals surface area contributed by atoms with Crippen LogP contribution in [0.25, 0.3) is 0 Å². The van der Waals surface area contributed by atoms with Crippen molar-refractivity contribution in [3.8, 4) is 5.75 Å². The lowest BCUT2D eigenvalue weighted by molar-refractivity contribution is -0.137. The van der Waals surface area contributed by atoms with Gasteiger partial charge in [-0.3, -0.25) is 9.59 Å². The van der Waals surface area contributed by atoms with Crippen LogP contribution in [0.3, 0.4) is 0 Å². The number of hydrogen-bond donors (Lipinski definition) is 1. The molecule has 0 bridgehead atoms. The van der Waals surface area contributed by atoms with E-state index in [0.29, 0.717) is 43.0 Å². The molecule has 1 aromatic rings. The van der Waals surface area contributed by atoms with E-state index in [2.05, 4.69) is 31.7 Å². The highest BCUT2D eigenvalue weighted by Gasteiger charge is 2.58. The van der Waals surface area contributed by atoms with Crippen molar-refractivity contribution in [3.63, 3.8) is 0 Å². The van der Waals surface area contributed by atoms with Crippen LogP contribution in [0.4, 0.5) is 0 Å². The van der Waals surface area contributed by atoms with Gasteiger partial charge in [-0.15, -0.1) is 0 Å². The zero-order valence-electron chi connectivity index (χ0n) is 19.9. The first-order chi connectivity index (χ1) is 15.9. The fourth-order valence-electron chi connectivity index (χ4n) is 6.84. The molecule has 0 aromatic heterocycles. The fourth-order valence-corrected chi connectivity index (χ4v) is 6.84. The maximum absolute atomic E-state index is 13.0. The van der Waals surface area contributed by atoms with Gasteiger partial charge in [0.05, 0.1) is 0 Å². The summed E-state index contributed by atoms with van der Waals surface area (Å²) in [7, 11) is 0. The molecule has 3 aliphatic rings. The first-order valence-electron chi connectivity index (χ1n) is 12.3. The van der Waals surface area contributed by atoms with E-state index in [1.807, 2.05) is 31.2 Å². The summed E-state index contributed by atoms with van der Waals surface area (Å²) >= 11 is 0. The molecular weight excluding hydrogens is 412 g/mol.